The van der Waals surface area contributed by atoms with Crippen LogP contribution in [0.5, 0.6) is 5.75 Å². The highest BCUT2D eigenvalue weighted by molar-refractivity contribution is 7.22. The van der Waals surface area contributed by atoms with E-state index in [-0.39, 0.29) is 17.9 Å². The van der Waals surface area contributed by atoms with Gasteiger partial charge in [-0.25, -0.2) is 13.5 Å². The molecule has 3 aromatic rings. The number of halogens is 2. The Bertz CT molecular complexity index is 991. The molecule has 2 aromatic heterocycles. The third-order valence-electron chi connectivity index (χ3n) is 4.44. The summed E-state index contributed by atoms with van der Waals surface area (Å²) in [5, 5.41) is 28.2. The maximum absolute atomic E-state index is 13.7. The molecule has 1 aliphatic rings. The van der Waals surface area contributed by atoms with E-state index in [0.717, 1.165) is 10.3 Å². The number of rotatable bonds is 5. The molecule has 9 heteroatoms. The molecule has 1 unspecified atom stereocenters. The summed E-state index contributed by atoms with van der Waals surface area (Å²) in [5.41, 5.74) is 0.971. The number of fused-ring (bicyclic) bond motifs is 1. The van der Waals surface area contributed by atoms with Crippen molar-refractivity contribution in [2.45, 2.75) is 44.6 Å². The minimum atomic E-state index is -2.74. The lowest BCUT2D eigenvalue weighted by Crippen LogP contribution is -2.29. The highest BCUT2D eigenvalue weighted by Crippen LogP contribution is 2.57. The molecule has 4 rings (SSSR count). The molecule has 0 radical (unpaired) electrons. The summed E-state index contributed by atoms with van der Waals surface area (Å²) < 4.78 is 29.5. The summed E-state index contributed by atoms with van der Waals surface area (Å²) in [5.74, 6) is -3.73. The maximum Gasteiger partial charge on any atom is 0.256 e. The first-order valence-corrected chi connectivity index (χ1v) is 9.39. The molecule has 3 N–H and O–H groups in total. The minimum absolute atomic E-state index is 0.0803. The number of thiazole rings is 1. The second-order valence-electron chi connectivity index (χ2n) is 7.69. The largest absolute Gasteiger partial charge is 0.506 e. The molecule has 2 heterocycles. The number of aryl methyl sites for hydroxylation is 1. The lowest BCUT2D eigenvalue weighted by molar-refractivity contribution is 0.0945. The Morgan fingerprint density at radius 3 is 2.70 bits per heavy atom. The zero-order valence-corrected chi connectivity index (χ0v) is 15.9. The Morgan fingerprint density at radius 1 is 1.41 bits per heavy atom. The van der Waals surface area contributed by atoms with Gasteiger partial charge in [0.2, 0.25) is 0 Å². The number of hydrogen-bond acceptors (Lipinski definition) is 6. The third kappa shape index (κ3) is 3.49. The number of aliphatic hydroxyl groups is 1. The van der Waals surface area contributed by atoms with E-state index in [9.17, 15) is 19.0 Å². The molecule has 6 nitrogen and oxygen atoms in total. The Balaban J connectivity index is 1.70. The molecule has 144 valence electrons. The number of aromatic hydroxyl groups is 1. The highest BCUT2D eigenvalue weighted by atomic mass is 32.1. The van der Waals surface area contributed by atoms with Gasteiger partial charge in [-0.1, -0.05) is 17.4 Å². The molecule has 1 aliphatic carbocycles. The Morgan fingerprint density at radius 2 is 2.11 bits per heavy atom. The summed E-state index contributed by atoms with van der Waals surface area (Å²) in [6.07, 6.45) is 1.46. The molecule has 0 spiro atoms. The molecular weight excluding hydrogens is 374 g/mol. The van der Waals surface area contributed by atoms with Crippen LogP contribution in [0.3, 0.4) is 0 Å². The van der Waals surface area contributed by atoms with Gasteiger partial charge in [0.15, 0.2) is 10.8 Å². The van der Waals surface area contributed by atoms with E-state index in [0.29, 0.717) is 22.9 Å². The smallest absolute Gasteiger partial charge is 0.256 e. The van der Waals surface area contributed by atoms with E-state index in [2.05, 4.69) is 15.4 Å². The van der Waals surface area contributed by atoms with Crippen molar-refractivity contribution >= 4 is 26.8 Å². The van der Waals surface area contributed by atoms with Gasteiger partial charge in [0.25, 0.3) is 5.92 Å². The van der Waals surface area contributed by atoms with Crippen molar-refractivity contribution in [2.75, 3.05) is 11.9 Å². The summed E-state index contributed by atoms with van der Waals surface area (Å²) in [6.45, 7) is 5.48. The maximum atomic E-state index is 13.7. The number of aromatic nitrogens is 3. The van der Waals surface area contributed by atoms with Crippen molar-refractivity contribution in [1.82, 2.24) is 14.8 Å². The van der Waals surface area contributed by atoms with E-state index in [1.165, 1.54) is 16.0 Å². The predicted molar refractivity (Wildman–Crippen MR) is 100 cm³/mol. The Labute approximate surface area is 158 Å². The molecule has 27 heavy (non-hydrogen) atoms. The van der Waals surface area contributed by atoms with Gasteiger partial charge in [0, 0.05) is 13.0 Å². The van der Waals surface area contributed by atoms with Gasteiger partial charge in [0.1, 0.15) is 11.4 Å². The molecule has 1 fully saturated rings. The second-order valence-corrected chi connectivity index (χ2v) is 8.72. The Hall–Kier alpha value is -2.26. The van der Waals surface area contributed by atoms with Crippen LogP contribution in [0.4, 0.5) is 13.9 Å². The monoisotopic (exact) mass is 394 g/mol. The number of nitrogens with zero attached hydrogens (tertiary/aromatic N) is 3. The fourth-order valence-electron chi connectivity index (χ4n) is 3.06. The third-order valence-corrected chi connectivity index (χ3v) is 5.38. The van der Waals surface area contributed by atoms with Crippen LogP contribution in [0.1, 0.15) is 37.3 Å². The van der Waals surface area contributed by atoms with Crippen LogP contribution in [0.15, 0.2) is 18.3 Å². The summed E-state index contributed by atoms with van der Waals surface area (Å²) in [4.78, 5) is 4.36. The first-order chi connectivity index (χ1) is 12.5. The lowest BCUT2D eigenvalue weighted by atomic mass is 10.0. The van der Waals surface area contributed by atoms with E-state index < -0.39 is 17.4 Å². The number of anilines is 1. The van der Waals surface area contributed by atoms with E-state index in [1.807, 2.05) is 0 Å². The number of phenolic OH excluding ortho intramolecular Hbond substituents is 1. The van der Waals surface area contributed by atoms with Gasteiger partial charge < -0.3 is 15.5 Å². The molecule has 0 aliphatic heterocycles. The summed E-state index contributed by atoms with van der Waals surface area (Å²) >= 11 is 1.35. The quantitative estimate of drug-likeness (QED) is 0.613. The van der Waals surface area contributed by atoms with Crippen molar-refractivity contribution in [3.05, 3.63) is 29.5 Å². The zero-order valence-electron chi connectivity index (χ0n) is 15.1. The van der Waals surface area contributed by atoms with E-state index in [1.54, 1.807) is 39.1 Å². The highest BCUT2D eigenvalue weighted by Gasteiger charge is 2.58. The second kappa shape index (κ2) is 5.87. The minimum Gasteiger partial charge on any atom is -0.506 e. The molecule has 0 bridgehead atoms. The average molecular weight is 394 g/mol. The summed E-state index contributed by atoms with van der Waals surface area (Å²) in [6, 6.07) is 3.22. The number of benzene rings is 1. The van der Waals surface area contributed by atoms with E-state index in [4.69, 9.17) is 0 Å². The molecular formula is C18H20F2N4O2S. The van der Waals surface area contributed by atoms with Gasteiger partial charge in [0.05, 0.1) is 22.4 Å². The van der Waals surface area contributed by atoms with Crippen molar-refractivity contribution in [2.24, 2.45) is 0 Å². The van der Waals surface area contributed by atoms with Gasteiger partial charge in [-0.05, 0) is 38.0 Å². The SMILES string of the molecule is Cc1cc(O)c(-n2cc3sc(NCC(C)(C)O)nc3n2)c(C2CC2(F)F)c1. The van der Waals surface area contributed by atoms with Crippen LogP contribution in [-0.4, -0.2) is 43.0 Å². The molecule has 1 saturated carbocycles. The number of alkyl halides is 2. The molecule has 1 atom stereocenters. The van der Waals surface area contributed by atoms with Gasteiger partial charge in [-0.3, -0.25) is 0 Å². The number of nitrogens with one attached hydrogen (secondary N) is 1. The molecule has 1 aromatic carbocycles. The van der Waals surface area contributed by atoms with Crippen LogP contribution in [0.2, 0.25) is 0 Å². The van der Waals surface area contributed by atoms with Crippen LogP contribution in [-0.2, 0) is 0 Å². The van der Waals surface area contributed by atoms with Crippen LogP contribution in [0, 0.1) is 6.92 Å². The predicted octanol–water partition coefficient (Wildman–Crippen LogP) is 3.80. The van der Waals surface area contributed by atoms with Crippen molar-refractivity contribution in [3.8, 4) is 11.4 Å². The fourth-order valence-corrected chi connectivity index (χ4v) is 3.87. The van der Waals surface area contributed by atoms with Crippen molar-refractivity contribution < 1.29 is 19.0 Å². The van der Waals surface area contributed by atoms with Gasteiger partial charge in [-0.2, -0.15) is 4.98 Å². The fraction of sp³-hybridized carbons (Fsp3) is 0.444. The first-order valence-electron chi connectivity index (χ1n) is 8.58. The van der Waals surface area contributed by atoms with Gasteiger partial charge >= 0.3 is 0 Å². The zero-order chi connectivity index (χ0) is 19.6. The molecule has 0 saturated heterocycles. The Kier molecular flexibility index (Phi) is 3.94. The topological polar surface area (TPSA) is 83.2 Å². The van der Waals surface area contributed by atoms with Crippen molar-refractivity contribution in [1.29, 1.82) is 0 Å². The lowest BCUT2D eigenvalue weighted by Gasteiger charge is -2.16. The number of hydrogen-bond donors (Lipinski definition) is 3. The normalized spacial score (nSPS) is 18.8. The summed E-state index contributed by atoms with van der Waals surface area (Å²) in [7, 11) is 0. The number of phenols is 1. The van der Waals surface area contributed by atoms with Crippen LogP contribution < -0.4 is 5.32 Å². The van der Waals surface area contributed by atoms with Gasteiger partial charge in [-0.15, -0.1) is 5.10 Å². The van der Waals surface area contributed by atoms with E-state index >= 15 is 0 Å². The first kappa shape index (κ1) is 18.1. The molecule has 0 amide bonds. The standard InChI is InChI=1S/C18H20F2N4O2S/c1-9-4-10(11-6-18(11,19)20)14(12(25)5-9)24-7-13-15(23-24)22-16(27-13)21-8-17(2,3)26/h4-5,7,11,25-26H,6,8H2,1-3H3,(H,21,22,23). The average Bonchev–Trinajstić information content (AvgIpc) is 2.85. The van der Waals surface area contributed by atoms with Crippen LogP contribution in [0.25, 0.3) is 16.0 Å². The van der Waals surface area contributed by atoms with Crippen molar-refractivity contribution in [3.63, 3.8) is 0 Å². The van der Waals surface area contributed by atoms with Crippen LogP contribution >= 0.6 is 11.3 Å².